The van der Waals surface area contributed by atoms with Gasteiger partial charge >= 0.3 is 0 Å². The minimum Gasteiger partial charge on any atom is -0.497 e. The molecule has 2 fully saturated rings. The highest BCUT2D eigenvalue weighted by molar-refractivity contribution is 6.23. The average Bonchev–Trinajstić information content (AvgIpc) is 3.75. The van der Waals surface area contributed by atoms with E-state index in [1.807, 2.05) is 0 Å². The summed E-state index contributed by atoms with van der Waals surface area (Å²) in [5.74, 6) is 3.53. The van der Waals surface area contributed by atoms with Gasteiger partial charge in [-0.2, -0.15) is 0 Å². The fourth-order valence-electron chi connectivity index (χ4n) is 11.2. The number of benzene rings is 6. The van der Waals surface area contributed by atoms with Crippen LogP contribution < -0.4 is 20.1 Å². The van der Waals surface area contributed by atoms with E-state index in [-0.39, 0.29) is 24.8 Å². The van der Waals surface area contributed by atoms with E-state index in [0.717, 1.165) is 49.5 Å². The van der Waals surface area contributed by atoms with E-state index < -0.39 is 0 Å². The van der Waals surface area contributed by atoms with Crippen LogP contribution in [0.1, 0.15) is 36.8 Å². The van der Waals surface area contributed by atoms with Crippen LogP contribution in [-0.2, 0) is 14.1 Å². The van der Waals surface area contributed by atoms with Crippen molar-refractivity contribution < 1.29 is 9.47 Å². The van der Waals surface area contributed by atoms with Crippen molar-refractivity contribution in [1.29, 1.82) is 0 Å². The molecule has 2 aliphatic rings. The second-order valence-electron chi connectivity index (χ2n) is 17.8. The highest BCUT2D eigenvalue weighted by Gasteiger charge is 2.29. The first-order valence-electron chi connectivity index (χ1n) is 22.2. The predicted octanol–water partition coefficient (Wildman–Crippen LogP) is 11.7. The molecule has 0 radical (unpaired) electrons. The Bertz CT molecular complexity index is 2710. The summed E-state index contributed by atoms with van der Waals surface area (Å²) in [6, 6.07) is 31.3. The van der Waals surface area contributed by atoms with Crippen molar-refractivity contribution >= 4 is 101 Å². The van der Waals surface area contributed by atoms with Crippen molar-refractivity contribution in [2.75, 3.05) is 77.2 Å². The van der Waals surface area contributed by atoms with Gasteiger partial charge in [0.15, 0.2) is 0 Å². The van der Waals surface area contributed by atoms with Crippen molar-refractivity contribution in [2.45, 2.75) is 39.5 Å². The van der Waals surface area contributed by atoms with Crippen LogP contribution >= 0.6 is 24.8 Å². The Labute approximate surface area is 378 Å². The van der Waals surface area contributed by atoms with Gasteiger partial charge in [0.1, 0.15) is 11.5 Å². The molecule has 0 unspecified atom stereocenters. The van der Waals surface area contributed by atoms with Crippen LogP contribution in [-0.4, -0.2) is 85.5 Å². The van der Waals surface area contributed by atoms with Gasteiger partial charge in [-0.05, 0) is 183 Å². The van der Waals surface area contributed by atoms with Gasteiger partial charge in [-0.3, -0.25) is 0 Å². The smallest absolute Gasteiger partial charge is 0.119 e. The van der Waals surface area contributed by atoms with Crippen LogP contribution in [0, 0.1) is 25.7 Å². The first-order valence-corrected chi connectivity index (χ1v) is 22.2. The van der Waals surface area contributed by atoms with Crippen LogP contribution in [0.4, 0.5) is 11.4 Å². The average molecular weight is 874 g/mol. The van der Waals surface area contributed by atoms with E-state index in [2.05, 4.69) is 142 Å². The van der Waals surface area contributed by atoms with E-state index in [1.54, 1.807) is 14.2 Å². The number of aromatic nitrogens is 2. The molecule has 2 N–H and O–H groups in total. The standard InChI is InChI=1S/C52H60N6O2.2ClH/c1-33-27-37-7-9-39(29-43(37)49-45-31-41(59-5)11-13-47(45)55(3)51(33)49)53-19-25-57-21-15-35(16-22-57)36-17-23-58(24-18-36)26-20-54-40-10-8-38-28-34(2)52-50(44(38)30-40)46-32-42(60-6)12-14-48(46)56(52)4;;/h7-14,27-32,35-36,53-54H,15-26H2,1-6H3;2*1H. The van der Waals surface area contributed by atoms with Gasteiger partial charge in [-0.15, -0.1) is 24.8 Å². The molecule has 0 amide bonds. The molecular formula is C52H62Cl2N6O2. The van der Waals surface area contributed by atoms with Crippen molar-refractivity contribution in [3.8, 4) is 11.5 Å². The normalized spacial score (nSPS) is 15.8. The second-order valence-corrected chi connectivity index (χ2v) is 17.8. The third kappa shape index (κ3) is 7.89. The monoisotopic (exact) mass is 872 g/mol. The van der Waals surface area contributed by atoms with Gasteiger partial charge in [-0.1, -0.05) is 12.1 Å². The van der Waals surface area contributed by atoms with Gasteiger partial charge in [0.05, 0.1) is 25.3 Å². The zero-order valence-electron chi connectivity index (χ0n) is 37.1. The van der Waals surface area contributed by atoms with Gasteiger partial charge in [0.25, 0.3) is 0 Å². The van der Waals surface area contributed by atoms with Crippen LogP contribution in [0.15, 0.2) is 84.9 Å². The minimum atomic E-state index is 0. The Hall–Kier alpha value is -4.86. The number of methoxy groups -OCH3 is 2. The molecule has 10 heteroatoms. The zero-order chi connectivity index (χ0) is 41.1. The molecule has 10 rings (SSSR count). The molecule has 0 aliphatic carbocycles. The van der Waals surface area contributed by atoms with Crippen molar-refractivity contribution in [1.82, 2.24) is 18.9 Å². The van der Waals surface area contributed by atoms with E-state index in [1.165, 1.54) is 140 Å². The van der Waals surface area contributed by atoms with Gasteiger partial charge in [0, 0.05) is 84.2 Å². The number of likely N-dealkylation sites (tertiary alicyclic amines) is 2. The van der Waals surface area contributed by atoms with E-state index in [4.69, 9.17) is 9.47 Å². The van der Waals surface area contributed by atoms with Crippen LogP contribution in [0.2, 0.25) is 0 Å². The minimum absolute atomic E-state index is 0. The zero-order valence-corrected chi connectivity index (χ0v) is 38.8. The quantitative estimate of drug-likeness (QED) is 0.135. The molecule has 0 bridgehead atoms. The molecule has 62 heavy (non-hydrogen) atoms. The third-order valence-electron chi connectivity index (χ3n) is 14.4. The van der Waals surface area contributed by atoms with Crippen LogP contribution in [0.3, 0.4) is 0 Å². The topological polar surface area (TPSA) is 58.9 Å². The van der Waals surface area contributed by atoms with Crippen LogP contribution in [0.25, 0.3) is 65.2 Å². The molecule has 6 aromatic carbocycles. The van der Waals surface area contributed by atoms with Crippen molar-refractivity contribution in [2.24, 2.45) is 25.9 Å². The number of rotatable bonds is 11. The highest BCUT2D eigenvalue weighted by atomic mass is 35.5. The van der Waals surface area contributed by atoms with Crippen molar-refractivity contribution in [3.63, 3.8) is 0 Å². The lowest BCUT2D eigenvalue weighted by Crippen LogP contribution is -2.42. The summed E-state index contributed by atoms with van der Waals surface area (Å²) in [5, 5.41) is 17.9. The van der Waals surface area contributed by atoms with Crippen molar-refractivity contribution in [3.05, 3.63) is 96.1 Å². The molecule has 326 valence electrons. The summed E-state index contributed by atoms with van der Waals surface area (Å²) < 4.78 is 15.9. The number of piperidine rings is 2. The summed E-state index contributed by atoms with van der Waals surface area (Å²) in [4.78, 5) is 5.36. The Balaban J connectivity index is 0.00000264. The SMILES string of the molecule is COc1ccc2c(c1)c1c3cc(NCCN4CCC(C5CCN(CCNc6ccc7cc(C)c8c(c7c6)c6cc(OC)ccc6n8C)CC5)CC4)ccc3cc(C)c1n2C.Cl.Cl. The maximum Gasteiger partial charge on any atom is 0.119 e. The first-order chi connectivity index (χ1) is 29.3. The second kappa shape index (κ2) is 18.1. The molecule has 2 aromatic heterocycles. The number of anilines is 2. The lowest BCUT2D eigenvalue weighted by molar-refractivity contribution is 0.0996. The number of nitrogens with one attached hydrogen (secondary N) is 2. The van der Waals surface area contributed by atoms with Gasteiger partial charge < -0.3 is 39.0 Å². The number of ether oxygens (including phenoxy) is 2. The number of hydrogen-bond donors (Lipinski definition) is 2. The molecule has 8 nitrogen and oxygen atoms in total. The van der Waals surface area contributed by atoms with Crippen LogP contribution in [0.5, 0.6) is 11.5 Å². The lowest BCUT2D eigenvalue weighted by atomic mass is 9.79. The maximum absolute atomic E-state index is 5.63. The Morgan fingerprint density at radius 1 is 0.516 bits per heavy atom. The molecule has 0 atom stereocenters. The van der Waals surface area contributed by atoms with Gasteiger partial charge in [-0.25, -0.2) is 0 Å². The summed E-state index contributed by atoms with van der Waals surface area (Å²) in [6.45, 7) is 13.4. The molecular weight excluding hydrogens is 812 g/mol. The molecule has 8 aromatic rings. The molecule has 0 saturated carbocycles. The molecule has 2 saturated heterocycles. The lowest BCUT2D eigenvalue weighted by Gasteiger charge is -2.40. The molecule has 4 heterocycles. The number of nitrogens with zero attached hydrogens (tertiary/aromatic N) is 4. The Morgan fingerprint density at radius 3 is 1.31 bits per heavy atom. The van der Waals surface area contributed by atoms with E-state index >= 15 is 0 Å². The largest absolute Gasteiger partial charge is 0.497 e. The summed E-state index contributed by atoms with van der Waals surface area (Å²) >= 11 is 0. The Kier molecular flexibility index (Phi) is 12.8. The van der Waals surface area contributed by atoms with Gasteiger partial charge in [0.2, 0.25) is 0 Å². The highest BCUT2D eigenvalue weighted by Crippen LogP contribution is 2.41. The van der Waals surface area contributed by atoms with E-state index in [9.17, 15) is 0 Å². The number of fused-ring (bicyclic) bond motifs is 10. The number of halogens is 2. The predicted molar refractivity (Wildman–Crippen MR) is 268 cm³/mol. The fraction of sp³-hybridized carbons (Fsp3) is 0.385. The summed E-state index contributed by atoms with van der Waals surface area (Å²) in [7, 11) is 7.86. The molecule has 2 aliphatic heterocycles. The maximum atomic E-state index is 5.63. The van der Waals surface area contributed by atoms with E-state index in [0.29, 0.717) is 0 Å². The number of hydrogen-bond acceptors (Lipinski definition) is 6. The Morgan fingerprint density at radius 2 is 0.919 bits per heavy atom. The summed E-state index contributed by atoms with van der Waals surface area (Å²) in [5.41, 5.74) is 10.1. The fourth-order valence-corrected chi connectivity index (χ4v) is 11.2. The third-order valence-corrected chi connectivity index (χ3v) is 14.4. The molecule has 0 spiro atoms. The number of aryl methyl sites for hydroxylation is 4. The first kappa shape index (κ1) is 43.8. The summed E-state index contributed by atoms with van der Waals surface area (Å²) in [6.07, 6.45) is 5.34.